The van der Waals surface area contributed by atoms with Crippen LogP contribution in [-0.2, 0) is 0 Å². The van der Waals surface area contributed by atoms with Crippen LogP contribution in [0.3, 0.4) is 0 Å². The van der Waals surface area contributed by atoms with Gasteiger partial charge in [0.25, 0.3) is 5.91 Å². The first-order chi connectivity index (χ1) is 10.6. The number of aromatic nitrogens is 3. The van der Waals surface area contributed by atoms with Crippen molar-refractivity contribution in [2.45, 2.75) is 45.6 Å². The van der Waals surface area contributed by atoms with Crippen LogP contribution in [0.25, 0.3) is 0 Å². The number of thiazole rings is 1. The van der Waals surface area contributed by atoms with Crippen molar-refractivity contribution in [3.05, 3.63) is 28.5 Å². The van der Waals surface area contributed by atoms with Gasteiger partial charge in [0.05, 0.1) is 0 Å². The van der Waals surface area contributed by atoms with Crippen LogP contribution in [0.2, 0.25) is 0 Å². The van der Waals surface area contributed by atoms with E-state index >= 15 is 0 Å². The van der Waals surface area contributed by atoms with E-state index in [1.165, 1.54) is 24.2 Å². The number of amides is 1. The van der Waals surface area contributed by atoms with E-state index in [4.69, 9.17) is 0 Å². The van der Waals surface area contributed by atoms with Crippen molar-refractivity contribution in [2.24, 2.45) is 0 Å². The zero-order valence-electron chi connectivity index (χ0n) is 12.7. The Hall–Kier alpha value is -2.02. The van der Waals surface area contributed by atoms with Crippen LogP contribution in [0.15, 0.2) is 11.4 Å². The summed E-state index contributed by atoms with van der Waals surface area (Å²) in [5, 5.41) is 8.48. The van der Waals surface area contributed by atoms with Crippen LogP contribution in [0.5, 0.6) is 0 Å². The summed E-state index contributed by atoms with van der Waals surface area (Å²) in [6.07, 6.45) is 4.52. The number of anilines is 2. The first kappa shape index (κ1) is 14.9. The summed E-state index contributed by atoms with van der Waals surface area (Å²) in [6.45, 7) is 3.84. The highest BCUT2D eigenvalue weighted by Gasteiger charge is 2.19. The van der Waals surface area contributed by atoms with Crippen LogP contribution in [-0.4, -0.2) is 26.9 Å². The van der Waals surface area contributed by atoms with Gasteiger partial charge in [0, 0.05) is 22.8 Å². The van der Waals surface area contributed by atoms with Gasteiger partial charge in [-0.2, -0.15) is 0 Å². The van der Waals surface area contributed by atoms with Crippen molar-refractivity contribution in [1.82, 2.24) is 20.3 Å². The SMILES string of the molecule is Cc1cc(C)nc(Nc2nc(C(=O)NC3CCCC3)cs2)n1. The number of rotatable bonds is 4. The quantitative estimate of drug-likeness (QED) is 0.906. The fourth-order valence-electron chi connectivity index (χ4n) is 2.64. The lowest BCUT2D eigenvalue weighted by Crippen LogP contribution is -2.32. The van der Waals surface area contributed by atoms with Gasteiger partial charge in [-0.05, 0) is 32.8 Å². The third-order valence-electron chi connectivity index (χ3n) is 3.63. The smallest absolute Gasteiger partial charge is 0.271 e. The summed E-state index contributed by atoms with van der Waals surface area (Å²) in [6, 6.07) is 2.21. The number of hydrogen-bond acceptors (Lipinski definition) is 6. The second-order valence-electron chi connectivity index (χ2n) is 5.59. The Balaban J connectivity index is 1.66. The predicted molar refractivity (Wildman–Crippen MR) is 86.6 cm³/mol. The molecule has 1 aliphatic rings. The fraction of sp³-hybridized carbons (Fsp3) is 0.467. The zero-order chi connectivity index (χ0) is 15.5. The number of nitrogens with zero attached hydrogens (tertiary/aromatic N) is 3. The van der Waals surface area contributed by atoms with E-state index in [2.05, 4.69) is 25.6 Å². The number of carbonyl (C=O) groups is 1. The molecule has 0 spiro atoms. The van der Waals surface area contributed by atoms with E-state index in [0.29, 0.717) is 22.8 Å². The molecule has 0 saturated heterocycles. The first-order valence-electron chi connectivity index (χ1n) is 7.46. The summed E-state index contributed by atoms with van der Waals surface area (Å²) in [5.74, 6) is 0.409. The maximum absolute atomic E-state index is 12.1. The van der Waals surface area contributed by atoms with Crippen LogP contribution in [0, 0.1) is 13.8 Å². The summed E-state index contributed by atoms with van der Waals surface area (Å²) in [4.78, 5) is 25.1. The molecule has 22 heavy (non-hydrogen) atoms. The Labute approximate surface area is 133 Å². The lowest BCUT2D eigenvalue weighted by Gasteiger charge is -2.09. The highest BCUT2D eigenvalue weighted by atomic mass is 32.1. The molecule has 1 aliphatic carbocycles. The molecule has 0 radical (unpaired) electrons. The maximum atomic E-state index is 12.1. The molecule has 116 valence electrons. The molecule has 0 unspecified atom stereocenters. The van der Waals surface area contributed by atoms with Crippen molar-refractivity contribution >= 4 is 28.3 Å². The van der Waals surface area contributed by atoms with Crippen LogP contribution in [0.4, 0.5) is 11.1 Å². The molecule has 6 nitrogen and oxygen atoms in total. The van der Waals surface area contributed by atoms with Gasteiger partial charge in [0.2, 0.25) is 5.95 Å². The highest BCUT2D eigenvalue weighted by Crippen LogP contribution is 2.21. The number of aryl methyl sites for hydroxylation is 2. The summed E-state index contributed by atoms with van der Waals surface area (Å²) in [7, 11) is 0. The van der Waals surface area contributed by atoms with Gasteiger partial charge in [-0.25, -0.2) is 15.0 Å². The van der Waals surface area contributed by atoms with Gasteiger partial charge >= 0.3 is 0 Å². The first-order valence-corrected chi connectivity index (χ1v) is 8.34. The van der Waals surface area contributed by atoms with E-state index in [1.807, 2.05) is 19.9 Å². The highest BCUT2D eigenvalue weighted by molar-refractivity contribution is 7.14. The molecule has 7 heteroatoms. The van der Waals surface area contributed by atoms with E-state index in [-0.39, 0.29) is 5.91 Å². The molecule has 2 aromatic rings. The third kappa shape index (κ3) is 3.59. The third-order valence-corrected chi connectivity index (χ3v) is 4.39. The lowest BCUT2D eigenvalue weighted by atomic mass is 10.2. The van der Waals surface area contributed by atoms with E-state index in [0.717, 1.165) is 24.2 Å². The average Bonchev–Trinajstić information content (AvgIpc) is 3.09. The molecule has 2 heterocycles. The fourth-order valence-corrected chi connectivity index (χ4v) is 3.33. The molecule has 2 aromatic heterocycles. The van der Waals surface area contributed by atoms with Crippen molar-refractivity contribution in [3.8, 4) is 0 Å². The van der Waals surface area contributed by atoms with Crippen molar-refractivity contribution in [3.63, 3.8) is 0 Å². The largest absolute Gasteiger partial charge is 0.348 e. The molecule has 3 rings (SSSR count). The molecular weight excluding hydrogens is 298 g/mol. The van der Waals surface area contributed by atoms with Crippen LogP contribution < -0.4 is 10.6 Å². The van der Waals surface area contributed by atoms with Crippen LogP contribution in [0.1, 0.15) is 47.6 Å². The molecule has 0 bridgehead atoms. The Morgan fingerprint density at radius 1 is 1.18 bits per heavy atom. The van der Waals surface area contributed by atoms with E-state index in [9.17, 15) is 4.79 Å². The number of carbonyl (C=O) groups excluding carboxylic acids is 1. The topological polar surface area (TPSA) is 79.8 Å². The second-order valence-corrected chi connectivity index (χ2v) is 6.45. The predicted octanol–water partition coefficient (Wildman–Crippen LogP) is 2.97. The van der Waals surface area contributed by atoms with E-state index < -0.39 is 0 Å². The molecule has 0 atom stereocenters. The molecular formula is C15H19N5OS. The van der Waals surface area contributed by atoms with Gasteiger partial charge in [0.1, 0.15) is 5.69 Å². The van der Waals surface area contributed by atoms with Gasteiger partial charge in [-0.15, -0.1) is 11.3 Å². The Morgan fingerprint density at radius 2 is 1.86 bits per heavy atom. The average molecular weight is 317 g/mol. The molecule has 0 aliphatic heterocycles. The molecule has 0 aromatic carbocycles. The minimum atomic E-state index is -0.0995. The minimum absolute atomic E-state index is 0.0995. The van der Waals surface area contributed by atoms with E-state index in [1.54, 1.807) is 5.38 Å². The zero-order valence-corrected chi connectivity index (χ0v) is 13.5. The molecule has 1 saturated carbocycles. The summed E-state index contributed by atoms with van der Waals surface area (Å²) >= 11 is 1.38. The van der Waals surface area contributed by atoms with Gasteiger partial charge in [-0.1, -0.05) is 12.8 Å². The number of nitrogens with one attached hydrogen (secondary N) is 2. The molecule has 2 N–H and O–H groups in total. The monoisotopic (exact) mass is 317 g/mol. The van der Waals surface area contributed by atoms with Crippen molar-refractivity contribution < 1.29 is 4.79 Å². The minimum Gasteiger partial charge on any atom is -0.348 e. The van der Waals surface area contributed by atoms with Crippen molar-refractivity contribution in [1.29, 1.82) is 0 Å². The summed E-state index contributed by atoms with van der Waals surface area (Å²) in [5.41, 5.74) is 2.24. The normalized spacial score (nSPS) is 15.0. The van der Waals surface area contributed by atoms with Gasteiger partial charge < -0.3 is 10.6 Å². The summed E-state index contributed by atoms with van der Waals surface area (Å²) < 4.78 is 0. The van der Waals surface area contributed by atoms with Gasteiger partial charge in [0.15, 0.2) is 5.13 Å². The van der Waals surface area contributed by atoms with Gasteiger partial charge in [-0.3, -0.25) is 4.79 Å². The molecule has 1 amide bonds. The van der Waals surface area contributed by atoms with Crippen LogP contribution >= 0.6 is 11.3 Å². The Kier molecular flexibility index (Phi) is 4.33. The second kappa shape index (κ2) is 6.39. The Bertz CT molecular complexity index is 658. The maximum Gasteiger partial charge on any atom is 0.271 e. The lowest BCUT2D eigenvalue weighted by molar-refractivity contribution is 0.0933. The Morgan fingerprint density at radius 3 is 2.55 bits per heavy atom. The number of hydrogen-bond donors (Lipinski definition) is 2. The molecule has 1 fully saturated rings. The van der Waals surface area contributed by atoms with Crippen molar-refractivity contribution in [2.75, 3.05) is 5.32 Å². The standard InChI is InChI=1S/C15H19N5OS/c1-9-7-10(2)17-14(16-9)20-15-19-12(8-22-15)13(21)18-11-5-3-4-6-11/h7-8,11H,3-6H2,1-2H3,(H,18,21)(H,16,17,19,20).